The highest BCUT2D eigenvalue weighted by Crippen LogP contribution is 2.17. The zero-order valence-corrected chi connectivity index (χ0v) is 11.4. The summed E-state index contributed by atoms with van der Waals surface area (Å²) >= 11 is 0. The maximum absolute atomic E-state index is 4.67. The molecule has 0 spiro atoms. The van der Waals surface area contributed by atoms with Crippen LogP contribution >= 0.6 is 0 Å². The molecular formula is C17H18N2. The predicted molar refractivity (Wildman–Crippen MR) is 79.5 cm³/mol. The summed E-state index contributed by atoms with van der Waals surface area (Å²) in [5, 5.41) is 0. The molecule has 96 valence electrons. The maximum atomic E-state index is 4.67. The lowest BCUT2D eigenvalue weighted by atomic mass is 10.1. The monoisotopic (exact) mass is 250 g/mol. The number of rotatable bonds is 3. The first kappa shape index (κ1) is 12.0. The molecule has 0 fully saturated rings. The molecule has 1 N–H and O–H groups in total. The molecule has 0 saturated heterocycles. The fraction of sp³-hybridized carbons (Fsp3) is 0.235. The molecule has 1 aromatic heterocycles. The summed E-state index contributed by atoms with van der Waals surface area (Å²) in [6.45, 7) is 4.32. The molecule has 2 nitrogen and oxygen atoms in total. The average Bonchev–Trinajstić information content (AvgIpc) is 2.82. The van der Waals surface area contributed by atoms with Crippen molar-refractivity contribution in [3.63, 3.8) is 0 Å². The van der Waals surface area contributed by atoms with Crippen molar-refractivity contribution in [2.75, 3.05) is 0 Å². The zero-order chi connectivity index (χ0) is 13.2. The molecule has 0 radical (unpaired) electrons. The Hall–Kier alpha value is -2.09. The van der Waals surface area contributed by atoms with E-state index in [4.69, 9.17) is 0 Å². The lowest BCUT2D eigenvalue weighted by Gasteiger charge is -2.02. The summed E-state index contributed by atoms with van der Waals surface area (Å²) in [5.41, 5.74) is 6.19. The van der Waals surface area contributed by atoms with Crippen LogP contribution in [0.2, 0.25) is 0 Å². The Balaban J connectivity index is 1.95. The largest absolute Gasteiger partial charge is 0.342 e. The molecule has 3 rings (SSSR count). The fourth-order valence-electron chi connectivity index (χ4n) is 2.40. The molecule has 0 unspecified atom stereocenters. The molecule has 0 aliphatic rings. The van der Waals surface area contributed by atoms with Crippen LogP contribution in [-0.4, -0.2) is 9.97 Å². The van der Waals surface area contributed by atoms with E-state index >= 15 is 0 Å². The number of nitrogens with one attached hydrogen (secondary N) is 1. The van der Waals surface area contributed by atoms with Crippen LogP contribution in [0.5, 0.6) is 0 Å². The van der Waals surface area contributed by atoms with Crippen LogP contribution in [-0.2, 0) is 12.8 Å². The summed E-state index contributed by atoms with van der Waals surface area (Å²) in [6, 6.07) is 14.9. The average molecular weight is 250 g/mol. The smallest absolute Gasteiger partial charge is 0.111 e. The Morgan fingerprint density at radius 1 is 1.11 bits per heavy atom. The zero-order valence-electron chi connectivity index (χ0n) is 11.4. The number of aromatic nitrogens is 2. The molecule has 0 bridgehead atoms. The van der Waals surface area contributed by atoms with Gasteiger partial charge >= 0.3 is 0 Å². The van der Waals surface area contributed by atoms with Crippen molar-refractivity contribution < 1.29 is 0 Å². The number of aromatic amines is 1. The van der Waals surface area contributed by atoms with Crippen molar-refractivity contribution in [1.29, 1.82) is 0 Å². The van der Waals surface area contributed by atoms with E-state index in [1.54, 1.807) is 0 Å². The van der Waals surface area contributed by atoms with Crippen molar-refractivity contribution in [3.8, 4) is 0 Å². The Morgan fingerprint density at radius 2 is 1.95 bits per heavy atom. The first-order valence-corrected chi connectivity index (χ1v) is 6.78. The van der Waals surface area contributed by atoms with Crippen LogP contribution in [0, 0.1) is 6.92 Å². The number of benzene rings is 2. The maximum Gasteiger partial charge on any atom is 0.111 e. The van der Waals surface area contributed by atoms with Crippen molar-refractivity contribution >= 4 is 11.0 Å². The van der Waals surface area contributed by atoms with E-state index in [9.17, 15) is 0 Å². The third-order valence-corrected chi connectivity index (χ3v) is 3.62. The third kappa shape index (κ3) is 2.39. The highest BCUT2D eigenvalue weighted by molar-refractivity contribution is 5.76. The van der Waals surface area contributed by atoms with E-state index in [1.165, 1.54) is 16.7 Å². The molecule has 0 aliphatic heterocycles. The molecule has 19 heavy (non-hydrogen) atoms. The fourth-order valence-corrected chi connectivity index (χ4v) is 2.40. The van der Waals surface area contributed by atoms with Gasteiger partial charge in [0.1, 0.15) is 5.82 Å². The lowest BCUT2D eigenvalue weighted by molar-refractivity contribution is 1.03. The summed E-state index contributed by atoms with van der Waals surface area (Å²) in [6.07, 6.45) is 1.92. The number of hydrogen-bond acceptors (Lipinski definition) is 1. The van der Waals surface area contributed by atoms with Gasteiger partial charge < -0.3 is 4.98 Å². The van der Waals surface area contributed by atoms with Crippen molar-refractivity contribution in [2.24, 2.45) is 0 Å². The highest BCUT2D eigenvalue weighted by atomic mass is 14.9. The van der Waals surface area contributed by atoms with E-state index in [2.05, 4.69) is 66.3 Å². The van der Waals surface area contributed by atoms with Crippen LogP contribution < -0.4 is 0 Å². The first-order chi connectivity index (χ1) is 9.26. The minimum absolute atomic E-state index is 0.864. The summed E-state index contributed by atoms with van der Waals surface area (Å²) in [5.74, 6) is 1.04. The Morgan fingerprint density at radius 3 is 2.74 bits per heavy atom. The van der Waals surface area contributed by atoms with Gasteiger partial charge in [0.15, 0.2) is 0 Å². The number of fused-ring (bicyclic) bond motifs is 1. The Kier molecular flexibility index (Phi) is 3.08. The first-order valence-electron chi connectivity index (χ1n) is 6.78. The Bertz CT molecular complexity index is 710. The summed E-state index contributed by atoms with van der Waals surface area (Å²) < 4.78 is 0. The van der Waals surface area contributed by atoms with Gasteiger partial charge in [0, 0.05) is 6.42 Å². The second kappa shape index (κ2) is 4.88. The van der Waals surface area contributed by atoms with Crippen LogP contribution in [0.15, 0.2) is 42.5 Å². The summed E-state index contributed by atoms with van der Waals surface area (Å²) in [7, 11) is 0. The van der Waals surface area contributed by atoms with Gasteiger partial charge in [0.25, 0.3) is 0 Å². The molecule has 0 atom stereocenters. The van der Waals surface area contributed by atoms with E-state index in [1.807, 2.05) is 0 Å². The second-order valence-electron chi connectivity index (χ2n) is 4.99. The minimum Gasteiger partial charge on any atom is -0.342 e. The van der Waals surface area contributed by atoms with Crippen LogP contribution in [0.3, 0.4) is 0 Å². The third-order valence-electron chi connectivity index (χ3n) is 3.62. The number of H-pyrrole nitrogens is 1. The molecule has 2 aromatic carbocycles. The number of hydrogen-bond donors (Lipinski definition) is 1. The topological polar surface area (TPSA) is 28.7 Å². The SMILES string of the molecule is CCc1ccc2nc(Cc3ccccc3C)[nH]c2c1. The standard InChI is InChI=1S/C17H18N2/c1-3-13-8-9-15-16(10-13)19-17(18-15)11-14-7-5-4-6-12(14)2/h4-10H,3,11H2,1-2H3,(H,18,19). The van der Waals surface area contributed by atoms with E-state index in [-0.39, 0.29) is 0 Å². The van der Waals surface area contributed by atoms with Gasteiger partial charge in [-0.25, -0.2) is 4.98 Å². The van der Waals surface area contributed by atoms with Crippen LogP contribution in [0.25, 0.3) is 11.0 Å². The van der Waals surface area contributed by atoms with Crippen molar-refractivity contribution in [2.45, 2.75) is 26.7 Å². The predicted octanol–water partition coefficient (Wildman–Crippen LogP) is 4.02. The minimum atomic E-state index is 0.864. The molecule has 0 saturated carbocycles. The molecule has 1 heterocycles. The van der Waals surface area contributed by atoms with Gasteiger partial charge in [0.2, 0.25) is 0 Å². The summed E-state index contributed by atoms with van der Waals surface area (Å²) in [4.78, 5) is 8.10. The molecular weight excluding hydrogens is 232 g/mol. The Labute approximate surface area is 113 Å². The van der Waals surface area contributed by atoms with Crippen LogP contribution in [0.4, 0.5) is 0 Å². The van der Waals surface area contributed by atoms with Crippen molar-refractivity contribution in [1.82, 2.24) is 9.97 Å². The molecule has 0 amide bonds. The van der Waals surface area contributed by atoms with Gasteiger partial charge in [-0.2, -0.15) is 0 Å². The molecule has 2 heteroatoms. The van der Waals surface area contributed by atoms with Gasteiger partial charge in [0.05, 0.1) is 11.0 Å². The van der Waals surface area contributed by atoms with Gasteiger partial charge in [-0.15, -0.1) is 0 Å². The lowest BCUT2D eigenvalue weighted by Crippen LogP contribution is -1.93. The van der Waals surface area contributed by atoms with Gasteiger partial charge in [-0.05, 0) is 42.2 Å². The number of aryl methyl sites for hydroxylation is 2. The van der Waals surface area contributed by atoms with Gasteiger partial charge in [-0.3, -0.25) is 0 Å². The van der Waals surface area contributed by atoms with E-state index < -0.39 is 0 Å². The highest BCUT2D eigenvalue weighted by Gasteiger charge is 2.05. The molecule has 0 aliphatic carbocycles. The number of nitrogens with zero attached hydrogens (tertiary/aromatic N) is 1. The van der Waals surface area contributed by atoms with Crippen molar-refractivity contribution in [3.05, 3.63) is 65.0 Å². The van der Waals surface area contributed by atoms with Crippen LogP contribution in [0.1, 0.15) is 29.4 Å². The number of imidazole rings is 1. The van der Waals surface area contributed by atoms with E-state index in [0.29, 0.717) is 0 Å². The normalized spacial score (nSPS) is 11.1. The quantitative estimate of drug-likeness (QED) is 0.747. The van der Waals surface area contributed by atoms with E-state index in [0.717, 1.165) is 29.7 Å². The molecule has 3 aromatic rings. The van der Waals surface area contributed by atoms with Gasteiger partial charge in [-0.1, -0.05) is 37.3 Å². The second-order valence-corrected chi connectivity index (χ2v) is 4.99.